The number of benzene rings is 2. The van der Waals surface area contributed by atoms with Crippen LogP contribution in [0.4, 0.5) is 0 Å². The molecule has 6 nitrogen and oxygen atoms in total. The van der Waals surface area contributed by atoms with E-state index in [1.165, 1.54) is 7.11 Å². The van der Waals surface area contributed by atoms with Crippen LogP contribution in [-0.2, 0) is 16.1 Å². The summed E-state index contributed by atoms with van der Waals surface area (Å²) in [5.41, 5.74) is 3.27. The Kier molecular flexibility index (Phi) is 5.93. The number of H-pyrrole nitrogens is 1. The molecule has 0 saturated heterocycles. The molecule has 0 aliphatic heterocycles. The molecule has 0 spiro atoms. The maximum Gasteiger partial charge on any atom is 0.309 e. The lowest BCUT2D eigenvalue weighted by Gasteiger charge is -2.22. The third kappa shape index (κ3) is 4.59. The molecule has 1 amide bonds. The van der Waals surface area contributed by atoms with Crippen molar-refractivity contribution in [1.29, 1.82) is 0 Å². The number of hydrogen-bond donors (Lipinski definition) is 1. The molecule has 0 unspecified atom stereocenters. The first-order chi connectivity index (χ1) is 14.7. The van der Waals surface area contributed by atoms with Crippen molar-refractivity contribution in [3.8, 4) is 0 Å². The minimum absolute atomic E-state index is 0.0711. The van der Waals surface area contributed by atoms with E-state index in [0.29, 0.717) is 24.6 Å². The largest absolute Gasteiger partial charge is 0.469 e. The molecule has 1 aliphatic carbocycles. The van der Waals surface area contributed by atoms with Gasteiger partial charge >= 0.3 is 5.97 Å². The summed E-state index contributed by atoms with van der Waals surface area (Å²) in [6, 6.07) is 15.5. The Morgan fingerprint density at radius 3 is 2.67 bits per heavy atom. The van der Waals surface area contributed by atoms with Crippen LogP contribution in [0.25, 0.3) is 11.0 Å². The first-order valence-corrected chi connectivity index (χ1v) is 10.2. The summed E-state index contributed by atoms with van der Waals surface area (Å²) in [6.07, 6.45) is 6.05. The lowest BCUT2D eigenvalue weighted by molar-refractivity contribution is -0.139. The zero-order valence-corrected chi connectivity index (χ0v) is 17.0. The van der Waals surface area contributed by atoms with Gasteiger partial charge in [0.25, 0.3) is 5.91 Å². The molecule has 0 radical (unpaired) electrons. The second-order valence-electron chi connectivity index (χ2n) is 7.52. The normalized spacial score (nSPS) is 13.6. The van der Waals surface area contributed by atoms with Crippen LogP contribution in [0.1, 0.15) is 46.9 Å². The first-order valence-electron chi connectivity index (χ1n) is 10.2. The van der Waals surface area contributed by atoms with E-state index in [-0.39, 0.29) is 18.3 Å². The van der Waals surface area contributed by atoms with Crippen molar-refractivity contribution in [1.82, 2.24) is 14.9 Å². The van der Waals surface area contributed by atoms with Crippen LogP contribution < -0.4 is 0 Å². The molecule has 4 rings (SSSR count). The number of rotatable bonds is 8. The van der Waals surface area contributed by atoms with E-state index in [9.17, 15) is 9.59 Å². The highest BCUT2D eigenvalue weighted by Crippen LogP contribution is 2.39. The monoisotopic (exact) mass is 403 g/mol. The molecule has 1 saturated carbocycles. The Balaban J connectivity index is 1.59. The summed E-state index contributed by atoms with van der Waals surface area (Å²) in [5, 5.41) is 0. The SMILES string of the molecule is COC(=O)C/C=C/CN(Cc1ccccc1)C(=O)c1cccc2nc(C3CC3)[nH]c12. The Hall–Kier alpha value is -3.41. The van der Waals surface area contributed by atoms with Gasteiger partial charge in [-0.2, -0.15) is 0 Å². The lowest BCUT2D eigenvalue weighted by Crippen LogP contribution is -2.31. The van der Waals surface area contributed by atoms with Gasteiger partial charge < -0.3 is 14.6 Å². The highest BCUT2D eigenvalue weighted by atomic mass is 16.5. The van der Waals surface area contributed by atoms with E-state index < -0.39 is 0 Å². The van der Waals surface area contributed by atoms with E-state index >= 15 is 0 Å². The second kappa shape index (κ2) is 8.95. The molecule has 3 aromatic rings. The van der Waals surface area contributed by atoms with Gasteiger partial charge in [0.2, 0.25) is 0 Å². The first kappa shape index (κ1) is 19.9. The van der Waals surface area contributed by atoms with Gasteiger partial charge in [0, 0.05) is 19.0 Å². The number of carbonyl (C=O) groups excluding carboxylic acids is 2. The van der Waals surface area contributed by atoms with Crippen molar-refractivity contribution < 1.29 is 14.3 Å². The van der Waals surface area contributed by atoms with E-state index in [1.807, 2.05) is 54.6 Å². The topological polar surface area (TPSA) is 75.3 Å². The average molecular weight is 403 g/mol. The molecule has 1 fully saturated rings. The number of carbonyl (C=O) groups is 2. The maximum atomic E-state index is 13.5. The molecule has 0 atom stereocenters. The Morgan fingerprint density at radius 2 is 1.93 bits per heavy atom. The summed E-state index contributed by atoms with van der Waals surface area (Å²) < 4.78 is 4.66. The summed E-state index contributed by atoms with van der Waals surface area (Å²) >= 11 is 0. The highest BCUT2D eigenvalue weighted by Gasteiger charge is 2.28. The quantitative estimate of drug-likeness (QED) is 0.452. The maximum absolute atomic E-state index is 13.5. The highest BCUT2D eigenvalue weighted by molar-refractivity contribution is 6.05. The Morgan fingerprint density at radius 1 is 1.13 bits per heavy atom. The van der Waals surface area contributed by atoms with Crippen molar-refractivity contribution in [3.05, 3.63) is 77.6 Å². The minimum Gasteiger partial charge on any atom is -0.469 e. The minimum atomic E-state index is -0.304. The van der Waals surface area contributed by atoms with E-state index in [1.54, 1.807) is 11.0 Å². The predicted molar refractivity (Wildman–Crippen MR) is 115 cm³/mol. The summed E-state index contributed by atoms with van der Waals surface area (Å²) in [5.74, 6) is 1.08. The smallest absolute Gasteiger partial charge is 0.309 e. The fraction of sp³-hybridized carbons (Fsp3) is 0.292. The number of nitrogens with one attached hydrogen (secondary N) is 1. The number of hydrogen-bond acceptors (Lipinski definition) is 4. The van der Waals surface area contributed by atoms with Crippen LogP contribution in [0, 0.1) is 0 Å². The summed E-state index contributed by atoms with van der Waals surface area (Å²) in [7, 11) is 1.36. The van der Waals surface area contributed by atoms with E-state index in [0.717, 1.165) is 35.3 Å². The van der Waals surface area contributed by atoms with Crippen LogP contribution in [-0.4, -0.2) is 40.4 Å². The van der Waals surface area contributed by atoms with Crippen molar-refractivity contribution in [2.45, 2.75) is 31.7 Å². The molecule has 1 aliphatic rings. The number of amides is 1. The van der Waals surface area contributed by atoms with Gasteiger partial charge in [-0.25, -0.2) is 4.98 Å². The zero-order chi connectivity index (χ0) is 20.9. The fourth-order valence-electron chi connectivity index (χ4n) is 3.44. The molecule has 0 bridgehead atoms. The summed E-state index contributed by atoms with van der Waals surface area (Å²) in [4.78, 5) is 34.7. The van der Waals surface area contributed by atoms with Crippen LogP contribution >= 0.6 is 0 Å². The Bertz CT molecular complexity index is 1070. The van der Waals surface area contributed by atoms with Crippen molar-refractivity contribution >= 4 is 22.9 Å². The van der Waals surface area contributed by atoms with E-state index in [4.69, 9.17) is 0 Å². The van der Waals surface area contributed by atoms with Crippen molar-refractivity contribution in [2.75, 3.05) is 13.7 Å². The van der Waals surface area contributed by atoms with Crippen LogP contribution in [0.3, 0.4) is 0 Å². The summed E-state index contributed by atoms with van der Waals surface area (Å²) in [6.45, 7) is 0.868. The number of aromatic nitrogens is 2. The number of imidazole rings is 1. The number of nitrogens with zero attached hydrogens (tertiary/aromatic N) is 2. The van der Waals surface area contributed by atoms with Gasteiger partial charge in [0.05, 0.1) is 30.1 Å². The number of esters is 1. The van der Waals surface area contributed by atoms with Crippen LogP contribution in [0.15, 0.2) is 60.7 Å². The molecule has 1 aromatic heterocycles. The average Bonchev–Trinajstić information content (AvgIpc) is 3.54. The predicted octanol–water partition coefficient (Wildman–Crippen LogP) is 4.20. The molecule has 30 heavy (non-hydrogen) atoms. The molecule has 154 valence electrons. The molecule has 6 heteroatoms. The second-order valence-corrected chi connectivity index (χ2v) is 7.52. The molecular formula is C24H25N3O3. The third-order valence-corrected chi connectivity index (χ3v) is 5.24. The van der Waals surface area contributed by atoms with Crippen LogP contribution in [0.2, 0.25) is 0 Å². The number of para-hydroxylation sites is 1. The Labute approximate surface area is 175 Å². The third-order valence-electron chi connectivity index (χ3n) is 5.24. The van der Waals surface area contributed by atoms with Gasteiger partial charge in [-0.05, 0) is 30.5 Å². The zero-order valence-electron chi connectivity index (χ0n) is 17.0. The van der Waals surface area contributed by atoms with Gasteiger partial charge in [-0.3, -0.25) is 9.59 Å². The number of methoxy groups -OCH3 is 1. The van der Waals surface area contributed by atoms with Gasteiger partial charge in [0.15, 0.2) is 0 Å². The van der Waals surface area contributed by atoms with E-state index in [2.05, 4.69) is 14.7 Å². The van der Waals surface area contributed by atoms with Gasteiger partial charge in [-0.1, -0.05) is 48.6 Å². The molecule has 2 aromatic carbocycles. The molecule has 1 N–H and O–H groups in total. The molecular weight excluding hydrogens is 378 g/mol. The fourth-order valence-corrected chi connectivity index (χ4v) is 3.44. The number of aromatic amines is 1. The van der Waals surface area contributed by atoms with Crippen molar-refractivity contribution in [3.63, 3.8) is 0 Å². The van der Waals surface area contributed by atoms with Gasteiger partial charge in [0.1, 0.15) is 5.82 Å². The van der Waals surface area contributed by atoms with Gasteiger partial charge in [-0.15, -0.1) is 0 Å². The number of ether oxygens (including phenoxy) is 1. The van der Waals surface area contributed by atoms with Crippen LogP contribution in [0.5, 0.6) is 0 Å². The standard InChI is InChI=1S/C24H25N3O3/c1-30-21(28)12-5-6-15-27(16-17-8-3-2-4-9-17)24(29)19-10-7-11-20-22(19)26-23(25-20)18-13-14-18/h2-11,18H,12-16H2,1H3,(H,25,26)/b6-5+. The molecule has 1 heterocycles. The van der Waals surface area contributed by atoms with Crippen molar-refractivity contribution in [2.24, 2.45) is 0 Å². The lowest BCUT2D eigenvalue weighted by atomic mass is 10.1. The number of fused-ring (bicyclic) bond motifs is 1.